The molecule has 1 aliphatic heterocycles. The molecule has 18 heavy (non-hydrogen) atoms. The van der Waals surface area contributed by atoms with Crippen molar-refractivity contribution in [3.63, 3.8) is 0 Å². The van der Waals surface area contributed by atoms with E-state index in [-0.39, 0.29) is 6.10 Å². The zero-order valence-corrected chi connectivity index (χ0v) is 10.3. The molecule has 1 aromatic heterocycles. The van der Waals surface area contributed by atoms with E-state index < -0.39 is 0 Å². The summed E-state index contributed by atoms with van der Waals surface area (Å²) in [7, 11) is 0. The van der Waals surface area contributed by atoms with Gasteiger partial charge in [0, 0.05) is 23.9 Å². The average molecular weight is 247 g/mol. The van der Waals surface area contributed by atoms with E-state index in [1.165, 1.54) is 12.8 Å². The van der Waals surface area contributed by atoms with Gasteiger partial charge in [-0.2, -0.15) is 0 Å². The number of pyridine rings is 1. The number of rotatable bonds is 4. The van der Waals surface area contributed by atoms with Gasteiger partial charge < -0.3 is 9.47 Å². The number of hydrogen-bond donors (Lipinski definition) is 0. The van der Waals surface area contributed by atoms with Gasteiger partial charge in [-0.15, -0.1) is 0 Å². The molecule has 0 radical (unpaired) electrons. The van der Waals surface area contributed by atoms with E-state index >= 15 is 0 Å². The maximum absolute atomic E-state index is 10.8. The van der Waals surface area contributed by atoms with Crippen LogP contribution in [0.4, 0.5) is 0 Å². The Bertz CT molecular complexity index is 437. The van der Waals surface area contributed by atoms with E-state index in [9.17, 15) is 4.79 Å². The van der Waals surface area contributed by atoms with Gasteiger partial charge in [0.15, 0.2) is 6.29 Å². The maximum atomic E-state index is 10.8. The predicted molar refractivity (Wildman–Crippen MR) is 66.1 cm³/mol. The number of carbonyl (C=O) groups excluding carboxylic acids is 1. The largest absolute Gasteiger partial charge is 0.472 e. The molecule has 1 aliphatic carbocycles. The van der Waals surface area contributed by atoms with Crippen molar-refractivity contribution >= 4 is 6.29 Å². The third kappa shape index (κ3) is 2.53. The molecule has 0 bridgehead atoms. The Labute approximate surface area is 106 Å². The fourth-order valence-electron chi connectivity index (χ4n) is 2.30. The van der Waals surface area contributed by atoms with Gasteiger partial charge in [-0.1, -0.05) is 0 Å². The first-order chi connectivity index (χ1) is 8.86. The highest BCUT2D eigenvalue weighted by Crippen LogP contribution is 2.44. The number of ether oxygens (including phenoxy) is 2. The number of hydrogen-bond acceptors (Lipinski definition) is 4. The zero-order chi connectivity index (χ0) is 12.4. The van der Waals surface area contributed by atoms with Crippen LogP contribution in [-0.4, -0.2) is 30.6 Å². The van der Waals surface area contributed by atoms with E-state index in [0.717, 1.165) is 31.3 Å². The fraction of sp³-hybridized carbons (Fsp3) is 0.571. The Balaban J connectivity index is 1.79. The molecular weight excluding hydrogens is 230 g/mol. The minimum atomic E-state index is 0.103. The van der Waals surface area contributed by atoms with Gasteiger partial charge in [-0.05, 0) is 37.7 Å². The normalized spacial score (nSPS) is 23.7. The second-order valence-electron chi connectivity index (χ2n) is 5.01. The molecule has 2 heterocycles. The van der Waals surface area contributed by atoms with Crippen LogP contribution in [0, 0.1) is 0 Å². The highest BCUT2D eigenvalue weighted by molar-refractivity contribution is 5.74. The van der Waals surface area contributed by atoms with Crippen molar-refractivity contribution in [1.29, 1.82) is 0 Å². The lowest BCUT2D eigenvalue weighted by atomic mass is 10.1. The van der Waals surface area contributed by atoms with Crippen LogP contribution >= 0.6 is 0 Å². The highest BCUT2D eigenvalue weighted by Gasteiger charge is 2.29. The molecule has 96 valence electrons. The quantitative estimate of drug-likeness (QED) is 0.766. The van der Waals surface area contributed by atoms with E-state index in [1.54, 1.807) is 6.20 Å². The van der Waals surface area contributed by atoms with Gasteiger partial charge in [-0.25, -0.2) is 4.98 Å². The summed E-state index contributed by atoms with van der Waals surface area (Å²) < 4.78 is 11.3. The molecule has 4 nitrogen and oxygen atoms in total. The molecule has 1 saturated carbocycles. The van der Waals surface area contributed by atoms with Crippen LogP contribution in [0.15, 0.2) is 12.3 Å². The lowest BCUT2D eigenvalue weighted by Crippen LogP contribution is -2.28. The summed E-state index contributed by atoms with van der Waals surface area (Å²) in [5.74, 6) is 1.22. The minimum Gasteiger partial charge on any atom is -0.472 e. The third-order valence-corrected chi connectivity index (χ3v) is 3.45. The van der Waals surface area contributed by atoms with Gasteiger partial charge in [0.25, 0.3) is 0 Å². The molecule has 2 fully saturated rings. The van der Waals surface area contributed by atoms with Crippen LogP contribution in [0.5, 0.6) is 5.88 Å². The first-order valence-corrected chi connectivity index (χ1v) is 6.56. The number of aldehydes is 1. The smallest absolute Gasteiger partial charge is 0.217 e. The van der Waals surface area contributed by atoms with Crippen molar-refractivity contribution in [2.45, 2.75) is 37.7 Å². The third-order valence-electron chi connectivity index (χ3n) is 3.45. The maximum Gasteiger partial charge on any atom is 0.217 e. The Hall–Kier alpha value is -1.42. The summed E-state index contributed by atoms with van der Waals surface area (Å²) in [4.78, 5) is 15.1. The zero-order valence-electron chi connectivity index (χ0n) is 10.3. The van der Waals surface area contributed by atoms with Crippen molar-refractivity contribution < 1.29 is 14.3 Å². The van der Waals surface area contributed by atoms with Gasteiger partial charge >= 0.3 is 0 Å². The van der Waals surface area contributed by atoms with Crippen LogP contribution in [-0.2, 0) is 4.74 Å². The van der Waals surface area contributed by atoms with Crippen LogP contribution in [0.3, 0.4) is 0 Å². The molecule has 1 unspecified atom stereocenters. The molecule has 3 rings (SSSR count). The van der Waals surface area contributed by atoms with E-state index in [0.29, 0.717) is 24.0 Å². The van der Waals surface area contributed by atoms with Crippen molar-refractivity contribution in [2.24, 2.45) is 0 Å². The van der Waals surface area contributed by atoms with Crippen molar-refractivity contribution in [3.05, 3.63) is 23.4 Å². The van der Waals surface area contributed by atoms with Gasteiger partial charge in [0.2, 0.25) is 5.88 Å². The molecule has 4 heteroatoms. The highest BCUT2D eigenvalue weighted by atomic mass is 16.5. The Kier molecular flexibility index (Phi) is 3.28. The van der Waals surface area contributed by atoms with E-state index in [1.807, 2.05) is 6.07 Å². The average Bonchev–Trinajstić information content (AvgIpc) is 3.25. The summed E-state index contributed by atoms with van der Waals surface area (Å²) in [6.07, 6.45) is 6.91. The van der Waals surface area contributed by atoms with Crippen LogP contribution in [0.25, 0.3) is 0 Å². The molecule has 0 amide bonds. The number of nitrogens with zero attached hydrogens (tertiary/aromatic N) is 1. The van der Waals surface area contributed by atoms with E-state index in [2.05, 4.69) is 4.98 Å². The Morgan fingerprint density at radius 3 is 2.94 bits per heavy atom. The first kappa shape index (κ1) is 11.7. The monoisotopic (exact) mass is 247 g/mol. The predicted octanol–water partition coefficient (Wildman–Crippen LogP) is 2.33. The molecule has 1 aromatic rings. The molecule has 2 aliphatic rings. The lowest BCUT2D eigenvalue weighted by Gasteiger charge is -2.23. The van der Waals surface area contributed by atoms with Gasteiger partial charge in [-0.3, -0.25) is 4.79 Å². The van der Waals surface area contributed by atoms with E-state index in [4.69, 9.17) is 9.47 Å². The molecule has 0 spiro atoms. The summed E-state index contributed by atoms with van der Waals surface area (Å²) in [5, 5.41) is 0. The summed E-state index contributed by atoms with van der Waals surface area (Å²) in [5.41, 5.74) is 1.72. The van der Waals surface area contributed by atoms with Gasteiger partial charge in [0.05, 0.1) is 6.61 Å². The molecule has 1 saturated heterocycles. The molecule has 0 aromatic carbocycles. The van der Waals surface area contributed by atoms with Crippen LogP contribution in [0.2, 0.25) is 0 Å². The molecule has 0 N–H and O–H groups in total. The van der Waals surface area contributed by atoms with Gasteiger partial charge in [0.1, 0.15) is 6.10 Å². The minimum absolute atomic E-state index is 0.103. The summed E-state index contributed by atoms with van der Waals surface area (Å²) >= 11 is 0. The Morgan fingerprint density at radius 2 is 2.28 bits per heavy atom. The molecule has 1 atom stereocenters. The number of aromatic nitrogens is 1. The van der Waals surface area contributed by atoms with Crippen LogP contribution in [0.1, 0.15) is 47.5 Å². The summed E-state index contributed by atoms with van der Waals surface area (Å²) in [6, 6.07) is 1.91. The Morgan fingerprint density at radius 1 is 1.39 bits per heavy atom. The second kappa shape index (κ2) is 5.06. The van der Waals surface area contributed by atoms with Crippen LogP contribution < -0.4 is 4.74 Å². The standard InChI is InChI=1S/C14H17NO3/c16-8-10-6-13(11-3-4-11)14(15-7-10)18-12-2-1-5-17-9-12/h6-8,11-12H,1-5,9H2. The van der Waals surface area contributed by atoms with Crippen molar-refractivity contribution in [3.8, 4) is 5.88 Å². The number of carbonyl (C=O) groups is 1. The topological polar surface area (TPSA) is 48.4 Å². The second-order valence-corrected chi connectivity index (χ2v) is 5.01. The first-order valence-electron chi connectivity index (χ1n) is 6.56. The SMILES string of the molecule is O=Cc1cnc(OC2CCCOC2)c(C2CC2)c1. The fourth-order valence-corrected chi connectivity index (χ4v) is 2.30. The van der Waals surface area contributed by atoms with Crippen molar-refractivity contribution in [2.75, 3.05) is 13.2 Å². The molecular formula is C14H17NO3. The van der Waals surface area contributed by atoms with Crippen molar-refractivity contribution in [1.82, 2.24) is 4.98 Å². The lowest BCUT2D eigenvalue weighted by molar-refractivity contribution is 0.00506. The summed E-state index contributed by atoms with van der Waals surface area (Å²) in [6.45, 7) is 1.47.